The van der Waals surface area contributed by atoms with Crippen molar-refractivity contribution in [3.8, 4) is 0 Å². The predicted molar refractivity (Wildman–Crippen MR) is 78.7 cm³/mol. The molecule has 2 rings (SSSR count). The second-order valence-corrected chi connectivity index (χ2v) is 5.85. The van der Waals surface area contributed by atoms with Crippen LogP contribution in [-0.4, -0.2) is 35.8 Å². The Labute approximate surface area is 120 Å². The third-order valence-electron chi connectivity index (χ3n) is 3.51. The Kier molecular flexibility index (Phi) is 4.31. The average Bonchev–Trinajstić information content (AvgIpc) is 2.35. The smallest absolute Gasteiger partial charge is 0.173 e. The molecule has 0 radical (unpaired) electrons. The van der Waals surface area contributed by atoms with Crippen molar-refractivity contribution in [2.75, 3.05) is 18.5 Å². The zero-order valence-corrected chi connectivity index (χ0v) is 12.3. The molecule has 5 nitrogen and oxygen atoms in total. The summed E-state index contributed by atoms with van der Waals surface area (Å²) in [5.41, 5.74) is 7.33. The SMILES string of the molecule is CN(CC1CC(O)C1)c1cccc(Br)c1/C(N)=N/O. The Hall–Kier alpha value is -1.27. The number of nitrogens with zero attached hydrogens (tertiary/aromatic N) is 2. The van der Waals surface area contributed by atoms with Crippen LogP contribution >= 0.6 is 15.9 Å². The van der Waals surface area contributed by atoms with Gasteiger partial charge in [0.1, 0.15) is 0 Å². The van der Waals surface area contributed by atoms with Crippen molar-refractivity contribution in [2.45, 2.75) is 18.9 Å². The number of nitrogens with two attached hydrogens (primary N) is 1. The number of anilines is 1. The Bertz CT molecular complexity index is 487. The third-order valence-corrected chi connectivity index (χ3v) is 4.17. The molecule has 0 atom stereocenters. The van der Waals surface area contributed by atoms with Crippen molar-refractivity contribution in [1.29, 1.82) is 0 Å². The van der Waals surface area contributed by atoms with E-state index in [9.17, 15) is 5.11 Å². The van der Waals surface area contributed by atoms with Crippen LogP contribution in [0.5, 0.6) is 0 Å². The van der Waals surface area contributed by atoms with Gasteiger partial charge in [0.25, 0.3) is 0 Å². The monoisotopic (exact) mass is 327 g/mol. The molecule has 0 bridgehead atoms. The maximum absolute atomic E-state index is 9.33. The number of halogens is 1. The molecule has 1 saturated carbocycles. The van der Waals surface area contributed by atoms with Crippen LogP contribution in [0.3, 0.4) is 0 Å². The van der Waals surface area contributed by atoms with Crippen molar-refractivity contribution >= 4 is 27.5 Å². The van der Waals surface area contributed by atoms with Crippen LogP contribution in [0.1, 0.15) is 18.4 Å². The highest BCUT2D eigenvalue weighted by atomic mass is 79.9. The van der Waals surface area contributed by atoms with Crippen molar-refractivity contribution in [3.05, 3.63) is 28.2 Å². The molecule has 0 spiro atoms. The molecule has 19 heavy (non-hydrogen) atoms. The van der Waals surface area contributed by atoms with Gasteiger partial charge in [-0.05, 0) is 46.8 Å². The lowest BCUT2D eigenvalue weighted by Gasteiger charge is -2.35. The largest absolute Gasteiger partial charge is 0.409 e. The zero-order chi connectivity index (χ0) is 14.0. The van der Waals surface area contributed by atoms with Gasteiger partial charge in [-0.15, -0.1) is 0 Å². The quantitative estimate of drug-likeness (QED) is 0.340. The molecule has 1 aliphatic carbocycles. The van der Waals surface area contributed by atoms with Gasteiger partial charge in [-0.25, -0.2) is 0 Å². The molecule has 0 aromatic heterocycles. The number of aliphatic hydroxyl groups excluding tert-OH is 1. The second-order valence-electron chi connectivity index (χ2n) is 4.99. The van der Waals surface area contributed by atoms with Crippen molar-refractivity contribution in [2.24, 2.45) is 16.8 Å². The number of amidine groups is 1. The Morgan fingerprint density at radius 2 is 2.21 bits per heavy atom. The lowest BCUT2D eigenvalue weighted by atomic mass is 9.82. The lowest BCUT2D eigenvalue weighted by molar-refractivity contribution is 0.0465. The van der Waals surface area contributed by atoms with E-state index in [0.717, 1.165) is 29.5 Å². The summed E-state index contributed by atoms with van der Waals surface area (Å²) in [6, 6.07) is 5.71. The number of hydrogen-bond acceptors (Lipinski definition) is 4. The van der Waals surface area contributed by atoms with E-state index in [1.54, 1.807) is 0 Å². The van der Waals surface area contributed by atoms with Gasteiger partial charge in [0.2, 0.25) is 0 Å². The van der Waals surface area contributed by atoms with E-state index >= 15 is 0 Å². The van der Waals surface area contributed by atoms with E-state index in [0.29, 0.717) is 11.5 Å². The van der Waals surface area contributed by atoms with Gasteiger partial charge in [0.05, 0.1) is 11.7 Å². The Morgan fingerprint density at radius 1 is 1.53 bits per heavy atom. The fourth-order valence-electron chi connectivity index (χ4n) is 2.47. The van der Waals surface area contributed by atoms with E-state index in [4.69, 9.17) is 10.9 Å². The minimum atomic E-state index is -0.149. The Morgan fingerprint density at radius 3 is 2.79 bits per heavy atom. The van der Waals surface area contributed by atoms with Gasteiger partial charge >= 0.3 is 0 Å². The molecule has 0 unspecified atom stereocenters. The first-order chi connectivity index (χ1) is 9.02. The molecule has 1 aliphatic rings. The Balaban J connectivity index is 2.21. The van der Waals surface area contributed by atoms with Gasteiger partial charge in [0.15, 0.2) is 5.84 Å². The molecule has 1 aromatic carbocycles. The molecule has 1 fully saturated rings. The highest BCUT2D eigenvalue weighted by Crippen LogP contribution is 2.32. The van der Waals surface area contributed by atoms with Crippen LogP contribution in [0, 0.1) is 5.92 Å². The summed E-state index contributed by atoms with van der Waals surface area (Å²) in [5, 5.41) is 21.3. The van der Waals surface area contributed by atoms with Crippen LogP contribution in [-0.2, 0) is 0 Å². The van der Waals surface area contributed by atoms with E-state index in [2.05, 4.69) is 26.0 Å². The fourth-order valence-corrected chi connectivity index (χ4v) is 3.03. The molecule has 0 saturated heterocycles. The lowest BCUT2D eigenvalue weighted by Crippen LogP contribution is -2.37. The van der Waals surface area contributed by atoms with E-state index in [1.165, 1.54) is 0 Å². The third kappa shape index (κ3) is 3.01. The van der Waals surface area contributed by atoms with Crippen LogP contribution in [0.15, 0.2) is 27.8 Å². The normalized spacial score (nSPS) is 23.0. The topological polar surface area (TPSA) is 82.1 Å². The molecule has 0 amide bonds. The molecular formula is C13H18BrN3O2. The summed E-state index contributed by atoms with van der Waals surface area (Å²) in [5.74, 6) is 0.585. The maximum Gasteiger partial charge on any atom is 0.173 e. The van der Waals surface area contributed by atoms with Gasteiger partial charge in [-0.1, -0.05) is 11.2 Å². The predicted octanol–water partition coefficient (Wildman–Crippen LogP) is 1.75. The summed E-state index contributed by atoms with van der Waals surface area (Å²) < 4.78 is 0.792. The molecule has 104 valence electrons. The van der Waals surface area contributed by atoms with Gasteiger partial charge < -0.3 is 20.9 Å². The highest BCUT2D eigenvalue weighted by Gasteiger charge is 2.28. The van der Waals surface area contributed by atoms with Crippen molar-refractivity contribution in [1.82, 2.24) is 0 Å². The van der Waals surface area contributed by atoms with Crippen LogP contribution in [0.4, 0.5) is 5.69 Å². The first kappa shape index (κ1) is 14.1. The maximum atomic E-state index is 9.33. The summed E-state index contributed by atoms with van der Waals surface area (Å²) in [6.45, 7) is 0.846. The highest BCUT2D eigenvalue weighted by molar-refractivity contribution is 9.10. The molecule has 1 aromatic rings. The van der Waals surface area contributed by atoms with Crippen molar-refractivity contribution < 1.29 is 10.3 Å². The number of rotatable bonds is 4. The minimum absolute atomic E-state index is 0.0861. The molecule has 0 heterocycles. The van der Waals surface area contributed by atoms with Crippen molar-refractivity contribution in [3.63, 3.8) is 0 Å². The standard InChI is InChI=1S/C13H18BrN3O2/c1-17(7-8-5-9(18)6-8)11-4-2-3-10(14)12(11)13(15)16-19/h2-4,8-9,18-19H,5-7H2,1H3,(H2,15,16). The summed E-state index contributed by atoms with van der Waals surface area (Å²) >= 11 is 3.43. The average molecular weight is 328 g/mol. The molecule has 4 N–H and O–H groups in total. The zero-order valence-electron chi connectivity index (χ0n) is 10.8. The summed E-state index contributed by atoms with van der Waals surface area (Å²) in [4.78, 5) is 2.08. The first-order valence-corrected chi connectivity index (χ1v) is 6.97. The van der Waals surface area contributed by atoms with E-state index < -0.39 is 0 Å². The van der Waals surface area contributed by atoms with Crippen LogP contribution in [0.2, 0.25) is 0 Å². The van der Waals surface area contributed by atoms with Crippen LogP contribution < -0.4 is 10.6 Å². The number of aliphatic hydroxyl groups is 1. The van der Waals surface area contributed by atoms with Gasteiger partial charge in [0, 0.05) is 23.8 Å². The van der Waals surface area contributed by atoms with E-state index in [1.807, 2.05) is 25.2 Å². The number of oxime groups is 1. The first-order valence-electron chi connectivity index (χ1n) is 6.18. The van der Waals surface area contributed by atoms with Gasteiger partial charge in [-0.2, -0.15) is 0 Å². The van der Waals surface area contributed by atoms with Crippen LogP contribution in [0.25, 0.3) is 0 Å². The molecule has 6 heteroatoms. The molecule has 0 aliphatic heterocycles. The van der Waals surface area contributed by atoms with E-state index in [-0.39, 0.29) is 11.9 Å². The summed E-state index contributed by atoms with van der Waals surface area (Å²) in [6.07, 6.45) is 1.54. The second kappa shape index (κ2) is 5.79. The number of benzene rings is 1. The fraction of sp³-hybridized carbons (Fsp3) is 0.462. The summed E-state index contributed by atoms with van der Waals surface area (Å²) in [7, 11) is 1.97. The number of hydrogen-bond donors (Lipinski definition) is 3. The molecular weight excluding hydrogens is 310 g/mol. The minimum Gasteiger partial charge on any atom is -0.409 e. The van der Waals surface area contributed by atoms with Gasteiger partial charge in [-0.3, -0.25) is 0 Å².